The Morgan fingerprint density at radius 1 is 0.926 bits per heavy atom. The molecule has 27 heavy (non-hydrogen) atoms. The summed E-state index contributed by atoms with van der Waals surface area (Å²) in [5, 5.41) is 6.81. The fourth-order valence-electron chi connectivity index (χ4n) is 2.98. The Hall–Kier alpha value is -3.18. The van der Waals surface area contributed by atoms with Crippen molar-refractivity contribution in [1.82, 2.24) is 4.68 Å². The van der Waals surface area contributed by atoms with E-state index in [4.69, 9.17) is 9.52 Å². The van der Waals surface area contributed by atoms with Crippen LogP contribution in [-0.2, 0) is 0 Å². The number of furan rings is 1. The molecule has 0 saturated carbocycles. The maximum atomic E-state index is 5.56. The Balaban J connectivity index is 1.79. The number of hydrogen-bond acceptors (Lipinski definition) is 4. The molecular weight excluding hydrogens is 354 g/mol. The van der Waals surface area contributed by atoms with Gasteiger partial charge in [-0.05, 0) is 23.3 Å². The molecule has 0 saturated heterocycles. The number of thiazole rings is 1. The third kappa shape index (κ3) is 3.68. The van der Waals surface area contributed by atoms with Gasteiger partial charge in [-0.2, -0.15) is 5.10 Å². The van der Waals surface area contributed by atoms with E-state index in [1.54, 1.807) is 24.6 Å². The van der Waals surface area contributed by atoms with Gasteiger partial charge < -0.3 is 4.42 Å². The molecule has 0 aliphatic carbocycles. The van der Waals surface area contributed by atoms with Crippen molar-refractivity contribution in [3.05, 3.63) is 100 Å². The van der Waals surface area contributed by atoms with Gasteiger partial charge in [0.25, 0.3) is 0 Å². The Morgan fingerprint density at radius 3 is 2.15 bits per heavy atom. The Bertz CT molecular complexity index is 1040. The molecule has 0 bridgehead atoms. The number of aromatic nitrogens is 1. The molecule has 0 fully saturated rings. The van der Waals surface area contributed by atoms with Crippen molar-refractivity contribution >= 4 is 17.6 Å². The monoisotopic (exact) mass is 373 g/mol. The van der Waals surface area contributed by atoms with Crippen LogP contribution in [0.4, 0.5) is 0 Å². The van der Waals surface area contributed by atoms with Gasteiger partial charge in [0, 0.05) is 24.6 Å². The molecule has 0 amide bonds. The summed E-state index contributed by atoms with van der Waals surface area (Å²) < 4.78 is 7.40. The molecular formula is C22H19N3OS. The second-order valence-corrected chi connectivity index (χ2v) is 6.82. The van der Waals surface area contributed by atoms with E-state index in [-0.39, 0.29) is 5.92 Å². The smallest absolute Gasteiger partial charge is 0.206 e. The summed E-state index contributed by atoms with van der Waals surface area (Å²) in [6.45, 7) is 0. The van der Waals surface area contributed by atoms with Crippen molar-refractivity contribution < 1.29 is 4.42 Å². The van der Waals surface area contributed by atoms with E-state index in [9.17, 15) is 0 Å². The predicted molar refractivity (Wildman–Crippen MR) is 110 cm³/mol. The number of benzene rings is 2. The van der Waals surface area contributed by atoms with E-state index in [2.05, 4.69) is 53.5 Å². The Kier molecular flexibility index (Phi) is 5.12. The second-order valence-electron chi connectivity index (χ2n) is 5.98. The highest BCUT2D eigenvalue weighted by molar-refractivity contribution is 7.07. The molecule has 4 nitrogen and oxygen atoms in total. The first-order valence-electron chi connectivity index (χ1n) is 8.68. The minimum Gasteiger partial charge on any atom is -0.463 e. The van der Waals surface area contributed by atoms with Crippen LogP contribution in [0.25, 0.3) is 11.5 Å². The van der Waals surface area contributed by atoms with E-state index in [1.807, 2.05) is 40.5 Å². The third-order valence-electron chi connectivity index (χ3n) is 4.30. The highest BCUT2D eigenvalue weighted by Crippen LogP contribution is 2.24. The highest BCUT2D eigenvalue weighted by atomic mass is 32.1. The molecule has 2 aromatic carbocycles. The molecule has 0 aliphatic rings. The molecule has 0 radical (unpaired) electrons. The molecule has 0 N–H and O–H groups in total. The van der Waals surface area contributed by atoms with Crippen LogP contribution < -0.4 is 4.80 Å². The summed E-state index contributed by atoms with van der Waals surface area (Å²) in [7, 11) is 1.77. The fraction of sp³-hybridized carbons (Fsp3) is 0.0909. The molecule has 2 heterocycles. The second kappa shape index (κ2) is 8.01. The zero-order valence-electron chi connectivity index (χ0n) is 14.9. The number of hydrogen-bond donors (Lipinski definition) is 0. The molecule has 4 aromatic rings. The molecule has 134 valence electrons. The number of nitrogens with zero attached hydrogens (tertiary/aromatic N) is 3. The summed E-state index contributed by atoms with van der Waals surface area (Å²) >= 11 is 1.54. The maximum Gasteiger partial charge on any atom is 0.206 e. The lowest BCUT2D eigenvalue weighted by Crippen LogP contribution is -2.13. The van der Waals surface area contributed by atoms with Crippen molar-refractivity contribution in [3.63, 3.8) is 0 Å². The van der Waals surface area contributed by atoms with Gasteiger partial charge in [0.2, 0.25) is 4.80 Å². The van der Waals surface area contributed by atoms with Gasteiger partial charge in [-0.25, -0.2) is 4.68 Å². The van der Waals surface area contributed by atoms with Gasteiger partial charge in [0.05, 0.1) is 6.26 Å². The van der Waals surface area contributed by atoms with Crippen molar-refractivity contribution in [3.8, 4) is 11.5 Å². The average Bonchev–Trinajstić information content (AvgIpc) is 3.39. The van der Waals surface area contributed by atoms with Gasteiger partial charge in [-0.3, -0.25) is 4.99 Å². The van der Waals surface area contributed by atoms with Crippen LogP contribution in [-0.4, -0.2) is 17.9 Å². The minimum atomic E-state index is 0.0500. The molecule has 0 spiro atoms. The third-order valence-corrected chi connectivity index (χ3v) is 5.21. The number of rotatable bonds is 5. The lowest BCUT2D eigenvalue weighted by atomic mass is 9.92. The lowest BCUT2D eigenvalue weighted by Gasteiger charge is -2.13. The largest absolute Gasteiger partial charge is 0.463 e. The lowest BCUT2D eigenvalue weighted by molar-refractivity contribution is 0.575. The van der Waals surface area contributed by atoms with Crippen LogP contribution in [0, 0.1) is 0 Å². The molecule has 0 unspecified atom stereocenters. The molecule has 2 aromatic heterocycles. The van der Waals surface area contributed by atoms with Crippen LogP contribution in [0.5, 0.6) is 0 Å². The molecule has 5 heteroatoms. The van der Waals surface area contributed by atoms with E-state index >= 15 is 0 Å². The maximum absolute atomic E-state index is 5.56. The predicted octanol–water partition coefficient (Wildman–Crippen LogP) is 5.01. The van der Waals surface area contributed by atoms with E-state index < -0.39 is 0 Å². The zero-order chi connectivity index (χ0) is 18.5. The first-order valence-corrected chi connectivity index (χ1v) is 9.56. The topological polar surface area (TPSA) is 42.8 Å². The normalized spacial score (nSPS) is 12.3. The van der Waals surface area contributed by atoms with Gasteiger partial charge >= 0.3 is 0 Å². The van der Waals surface area contributed by atoms with Gasteiger partial charge in [0.15, 0.2) is 5.76 Å². The van der Waals surface area contributed by atoms with Crippen LogP contribution in [0.2, 0.25) is 0 Å². The van der Waals surface area contributed by atoms with E-state index in [1.165, 1.54) is 11.1 Å². The van der Waals surface area contributed by atoms with Gasteiger partial charge in [0.1, 0.15) is 5.69 Å². The van der Waals surface area contributed by atoms with Crippen LogP contribution in [0.15, 0.2) is 99.0 Å². The quantitative estimate of drug-likeness (QED) is 0.454. The Morgan fingerprint density at radius 2 is 1.59 bits per heavy atom. The van der Waals surface area contributed by atoms with E-state index in [0.717, 1.165) is 16.3 Å². The van der Waals surface area contributed by atoms with Crippen LogP contribution in [0.3, 0.4) is 0 Å². The molecule has 0 atom stereocenters. The summed E-state index contributed by atoms with van der Waals surface area (Å²) in [4.78, 5) is 5.17. The summed E-state index contributed by atoms with van der Waals surface area (Å²) in [5.74, 6) is 0.822. The first-order chi connectivity index (χ1) is 13.4. The average molecular weight is 373 g/mol. The highest BCUT2D eigenvalue weighted by Gasteiger charge is 2.13. The van der Waals surface area contributed by atoms with Crippen LogP contribution in [0.1, 0.15) is 17.0 Å². The van der Waals surface area contributed by atoms with Crippen molar-refractivity contribution in [2.24, 2.45) is 10.1 Å². The van der Waals surface area contributed by atoms with Crippen molar-refractivity contribution in [2.75, 3.05) is 7.05 Å². The zero-order valence-corrected chi connectivity index (χ0v) is 15.7. The standard InChI is InChI=1S/C22H19N3OS/c1-23-22-25(20(16-27-22)21-13-8-14-26-21)24-15-19(17-9-4-2-5-10-17)18-11-6-3-7-12-18/h2-16,19H,1H3. The van der Waals surface area contributed by atoms with Crippen LogP contribution >= 0.6 is 11.3 Å². The SMILES string of the molecule is CN=c1scc(-c2ccco2)n1N=CC(c1ccccc1)c1ccccc1. The van der Waals surface area contributed by atoms with E-state index in [0.29, 0.717) is 0 Å². The summed E-state index contributed by atoms with van der Waals surface area (Å²) in [6, 6.07) is 24.6. The van der Waals surface area contributed by atoms with Crippen molar-refractivity contribution in [2.45, 2.75) is 5.92 Å². The van der Waals surface area contributed by atoms with Gasteiger partial charge in [-0.1, -0.05) is 60.7 Å². The molecule has 4 rings (SSSR count). The summed E-state index contributed by atoms with van der Waals surface area (Å²) in [5.41, 5.74) is 3.28. The summed E-state index contributed by atoms with van der Waals surface area (Å²) in [6.07, 6.45) is 3.64. The fourth-order valence-corrected chi connectivity index (χ4v) is 3.76. The Labute approximate surface area is 161 Å². The van der Waals surface area contributed by atoms with Gasteiger partial charge in [-0.15, -0.1) is 11.3 Å². The minimum absolute atomic E-state index is 0.0500. The first kappa shape index (κ1) is 17.2. The van der Waals surface area contributed by atoms with Crippen molar-refractivity contribution in [1.29, 1.82) is 0 Å². The molecule has 0 aliphatic heterocycles.